The van der Waals surface area contributed by atoms with Gasteiger partial charge < -0.3 is 20.1 Å². The summed E-state index contributed by atoms with van der Waals surface area (Å²) in [5, 5.41) is 12.0. The van der Waals surface area contributed by atoms with Crippen molar-refractivity contribution in [1.29, 1.82) is 0 Å². The summed E-state index contributed by atoms with van der Waals surface area (Å²) in [6.07, 6.45) is 0.271. The van der Waals surface area contributed by atoms with Gasteiger partial charge in [0.05, 0.1) is 0 Å². The average molecular weight is 480 g/mol. The van der Waals surface area contributed by atoms with E-state index < -0.39 is 18.1 Å². The number of carboxylic acid groups (broad SMARTS) is 1. The summed E-state index contributed by atoms with van der Waals surface area (Å²) in [5.41, 5.74) is 4.65. The SMILES string of the molecule is CCC(CC(=O)N1CCN(C(C)C(=O)O)CC1)NC(=O)OCC1c2ccccc2-c2ccccc21. The molecule has 0 saturated carbocycles. The van der Waals surface area contributed by atoms with Gasteiger partial charge >= 0.3 is 12.1 Å². The predicted molar refractivity (Wildman–Crippen MR) is 132 cm³/mol. The van der Waals surface area contributed by atoms with Crippen LogP contribution >= 0.6 is 0 Å². The third kappa shape index (κ3) is 5.48. The molecule has 2 amide bonds. The molecule has 1 fully saturated rings. The molecule has 35 heavy (non-hydrogen) atoms. The summed E-state index contributed by atoms with van der Waals surface area (Å²) in [6, 6.07) is 15.5. The van der Waals surface area contributed by atoms with E-state index in [9.17, 15) is 19.5 Å². The van der Waals surface area contributed by atoms with Crippen LogP contribution in [0.5, 0.6) is 0 Å². The van der Waals surface area contributed by atoms with Gasteiger partial charge in [0.25, 0.3) is 0 Å². The van der Waals surface area contributed by atoms with Gasteiger partial charge in [-0.2, -0.15) is 0 Å². The molecule has 0 aromatic heterocycles. The van der Waals surface area contributed by atoms with Crippen LogP contribution in [0.1, 0.15) is 43.7 Å². The van der Waals surface area contributed by atoms with Crippen LogP contribution in [0.15, 0.2) is 48.5 Å². The Hall–Kier alpha value is -3.39. The Morgan fingerprint density at radius 1 is 1.00 bits per heavy atom. The van der Waals surface area contributed by atoms with Crippen molar-refractivity contribution in [1.82, 2.24) is 15.1 Å². The molecule has 186 valence electrons. The zero-order valence-electron chi connectivity index (χ0n) is 20.3. The molecule has 2 N–H and O–H groups in total. The van der Waals surface area contributed by atoms with E-state index in [1.54, 1.807) is 11.8 Å². The molecule has 0 radical (unpaired) electrons. The summed E-state index contributed by atoms with van der Waals surface area (Å²) >= 11 is 0. The van der Waals surface area contributed by atoms with Crippen LogP contribution in [0.2, 0.25) is 0 Å². The molecule has 0 spiro atoms. The highest BCUT2D eigenvalue weighted by molar-refractivity contribution is 5.80. The van der Waals surface area contributed by atoms with Crippen LogP contribution in [0.3, 0.4) is 0 Å². The van der Waals surface area contributed by atoms with Crippen LogP contribution in [-0.2, 0) is 14.3 Å². The number of alkyl carbamates (subject to hydrolysis) is 1. The second kappa shape index (κ2) is 10.9. The molecule has 2 aromatic rings. The van der Waals surface area contributed by atoms with Crippen molar-refractivity contribution < 1.29 is 24.2 Å². The number of benzene rings is 2. The van der Waals surface area contributed by atoms with E-state index >= 15 is 0 Å². The summed E-state index contributed by atoms with van der Waals surface area (Å²) in [5.74, 6) is -0.916. The number of fused-ring (bicyclic) bond motifs is 3. The molecule has 2 aliphatic rings. The van der Waals surface area contributed by atoms with Gasteiger partial charge in [-0.05, 0) is 35.6 Å². The molecule has 0 bridgehead atoms. The summed E-state index contributed by atoms with van der Waals surface area (Å²) in [4.78, 5) is 40.2. The third-order valence-electron chi connectivity index (χ3n) is 7.15. The summed E-state index contributed by atoms with van der Waals surface area (Å²) in [7, 11) is 0. The second-order valence-corrected chi connectivity index (χ2v) is 9.21. The maximum Gasteiger partial charge on any atom is 0.407 e. The summed E-state index contributed by atoms with van der Waals surface area (Å²) < 4.78 is 5.62. The molecule has 1 aliphatic heterocycles. The maximum absolute atomic E-state index is 12.8. The van der Waals surface area contributed by atoms with Gasteiger partial charge in [-0.25, -0.2) is 4.79 Å². The Morgan fingerprint density at radius 3 is 2.11 bits per heavy atom. The first-order chi connectivity index (χ1) is 16.9. The highest BCUT2D eigenvalue weighted by Crippen LogP contribution is 2.44. The van der Waals surface area contributed by atoms with Crippen LogP contribution in [0.25, 0.3) is 11.1 Å². The van der Waals surface area contributed by atoms with E-state index in [4.69, 9.17) is 4.74 Å². The van der Waals surface area contributed by atoms with Crippen molar-refractivity contribution in [3.63, 3.8) is 0 Å². The Balaban J connectivity index is 1.28. The Labute approximate surface area is 205 Å². The Morgan fingerprint density at radius 2 is 1.57 bits per heavy atom. The first-order valence-corrected chi connectivity index (χ1v) is 12.2. The van der Waals surface area contributed by atoms with E-state index in [-0.39, 0.29) is 30.9 Å². The second-order valence-electron chi connectivity index (χ2n) is 9.21. The first kappa shape index (κ1) is 24.7. The van der Waals surface area contributed by atoms with Gasteiger partial charge in [-0.3, -0.25) is 14.5 Å². The number of piperazine rings is 1. The van der Waals surface area contributed by atoms with E-state index in [1.165, 1.54) is 11.1 Å². The number of nitrogens with one attached hydrogen (secondary N) is 1. The first-order valence-electron chi connectivity index (χ1n) is 12.2. The number of hydrogen-bond donors (Lipinski definition) is 2. The van der Waals surface area contributed by atoms with Crippen molar-refractivity contribution in [2.75, 3.05) is 32.8 Å². The predicted octanol–water partition coefficient (Wildman–Crippen LogP) is 3.31. The molecule has 1 saturated heterocycles. The minimum absolute atomic E-state index is 0.0145. The van der Waals surface area contributed by atoms with Crippen molar-refractivity contribution >= 4 is 18.0 Å². The fourth-order valence-corrected chi connectivity index (χ4v) is 4.96. The minimum Gasteiger partial charge on any atom is -0.480 e. The third-order valence-corrected chi connectivity index (χ3v) is 7.15. The molecule has 2 aromatic carbocycles. The standard InChI is InChI=1S/C27H33N3O5/c1-3-19(16-25(31)30-14-12-29(13-15-30)18(2)26(32)33)28-27(34)35-17-24-22-10-6-4-8-20(22)21-9-5-7-11-23(21)24/h4-11,18-19,24H,3,12-17H2,1-2H3,(H,28,34)(H,32,33). The number of aliphatic carboxylic acids is 1. The smallest absolute Gasteiger partial charge is 0.407 e. The zero-order chi connectivity index (χ0) is 24.9. The molecular weight excluding hydrogens is 446 g/mol. The van der Waals surface area contributed by atoms with Gasteiger partial charge in [0.2, 0.25) is 5.91 Å². The van der Waals surface area contributed by atoms with Crippen LogP contribution in [0, 0.1) is 0 Å². The quantitative estimate of drug-likeness (QED) is 0.603. The minimum atomic E-state index is -0.858. The molecule has 4 rings (SSSR count). The summed E-state index contributed by atoms with van der Waals surface area (Å²) in [6.45, 7) is 5.83. The van der Waals surface area contributed by atoms with Gasteiger partial charge in [-0.1, -0.05) is 55.5 Å². The van der Waals surface area contributed by atoms with Crippen molar-refractivity contribution in [3.05, 3.63) is 59.7 Å². The molecular formula is C27H33N3O5. The largest absolute Gasteiger partial charge is 0.480 e. The number of carbonyl (C=O) groups excluding carboxylic acids is 2. The molecule has 8 heteroatoms. The number of carboxylic acids is 1. The van der Waals surface area contributed by atoms with Crippen LogP contribution in [-0.4, -0.2) is 77.7 Å². The number of nitrogens with zero attached hydrogens (tertiary/aromatic N) is 2. The van der Waals surface area contributed by atoms with Crippen LogP contribution in [0.4, 0.5) is 4.79 Å². The fourth-order valence-electron chi connectivity index (χ4n) is 4.96. The molecule has 1 aliphatic carbocycles. The van der Waals surface area contributed by atoms with Crippen LogP contribution < -0.4 is 5.32 Å². The number of rotatable bonds is 8. The van der Waals surface area contributed by atoms with E-state index in [0.29, 0.717) is 32.6 Å². The monoisotopic (exact) mass is 479 g/mol. The molecule has 2 unspecified atom stereocenters. The lowest BCUT2D eigenvalue weighted by Crippen LogP contribution is -2.53. The fraction of sp³-hybridized carbons (Fsp3) is 0.444. The maximum atomic E-state index is 12.8. The molecule has 2 atom stereocenters. The highest BCUT2D eigenvalue weighted by atomic mass is 16.5. The highest BCUT2D eigenvalue weighted by Gasteiger charge is 2.30. The number of hydrogen-bond acceptors (Lipinski definition) is 5. The van der Waals surface area contributed by atoms with Crippen molar-refractivity contribution in [2.45, 2.75) is 44.7 Å². The molecule has 1 heterocycles. The topological polar surface area (TPSA) is 99.2 Å². The molecule has 8 nitrogen and oxygen atoms in total. The number of carbonyl (C=O) groups is 3. The van der Waals surface area contributed by atoms with Gasteiger partial charge in [0.1, 0.15) is 12.6 Å². The number of amides is 2. The number of ether oxygens (including phenoxy) is 1. The Kier molecular flexibility index (Phi) is 7.70. The lowest BCUT2D eigenvalue weighted by molar-refractivity contribution is -0.144. The van der Waals surface area contributed by atoms with E-state index in [2.05, 4.69) is 29.6 Å². The van der Waals surface area contributed by atoms with Gasteiger partial charge in [0.15, 0.2) is 0 Å². The van der Waals surface area contributed by atoms with E-state index in [0.717, 1.165) is 11.1 Å². The van der Waals surface area contributed by atoms with E-state index in [1.807, 2.05) is 36.1 Å². The lowest BCUT2D eigenvalue weighted by atomic mass is 9.98. The Bertz CT molecular complexity index is 1030. The van der Waals surface area contributed by atoms with Crippen molar-refractivity contribution in [3.8, 4) is 11.1 Å². The normalized spacial score (nSPS) is 17.3. The van der Waals surface area contributed by atoms with Gasteiger partial charge in [0, 0.05) is 44.6 Å². The van der Waals surface area contributed by atoms with Gasteiger partial charge in [-0.15, -0.1) is 0 Å². The average Bonchev–Trinajstić information content (AvgIpc) is 3.20. The van der Waals surface area contributed by atoms with Crippen molar-refractivity contribution in [2.24, 2.45) is 0 Å². The lowest BCUT2D eigenvalue weighted by Gasteiger charge is -2.37. The zero-order valence-corrected chi connectivity index (χ0v) is 20.3.